The Morgan fingerprint density at radius 3 is 2.86 bits per heavy atom. The van der Waals surface area contributed by atoms with Crippen molar-refractivity contribution in [2.75, 3.05) is 18.1 Å². The Balaban J connectivity index is 1.62. The predicted octanol–water partition coefficient (Wildman–Crippen LogP) is -0.0269. The number of anilines is 1. The van der Waals surface area contributed by atoms with Gasteiger partial charge in [-0.05, 0) is 18.3 Å². The summed E-state index contributed by atoms with van der Waals surface area (Å²) in [6, 6.07) is 0. The topological polar surface area (TPSA) is 168 Å². The molecule has 1 saturated carbocycles. The second kappa shape index (κ2) is 7.59. The number of nitrogens with zero attached hydrogens (tertiary/aromatic N) is 4. The molecule has 2 unspecified atom stereocenters. The van der Waals surface area contributed by atoms with E-state index in [0.29, 0.717) is 22.2 Å². The maximum Gasteiger partial charge on any atom is 0.333 e. The van der Waals surface area contributed by atoms with Gasteiger partial charge in [0.25, 0.3) is 0 Å². The molecular weight excluding hydrogens is 427 g/mol. The molecule has 5 N–H and O–H groups in total. The molecule has 29 heavy (non-hydrogen) atoms. The molecule has 4 rings (SSSR count). The van der Waals surface area contributed by atoms with Crippen molar-refractivity contribution in [1.82, 2.24) is 19.7 Å². The Morgan fingerprint density at radius 2 is 2.21 bits per heavy atom. The normalized spacial score (nSPS) is 32.1. The van der Waals surface area contributed by atoms with Crippen LogP contribution in [0.2, 0.25) is 0 Å². The zero-order chi connectivity index (χ0) is 20.9. The lowest BCUT2D eigenvalue weighted by atomic mass is 10.1. The SMILES string of the molecule is CC1CC1CSc1nn([C@@H]2O[C@H](COS(N)(=O)=O)[C@@H](O)[C@@H]2F)c2ncnc(N)c12. The molecule has 0 bridgehead atoms. The van der Waals surface area contributed by atoms with Crippen LogP contribution in [0.5, 0.6) is 0 Å². The van der Waals surface area contributed by atoms with E-state index in [2.05, 4.69) is 26.2 Å². The minimum atomic E-state index is -4.26. The maximum absolute atomic E-state index is 14.8. The van der Waals surface area contributed by atoms with Crippen LogP contribution in [0.15, 0.2) is 11.4 Å². The molecule has 2 aliphatic rings. The van der Waals surface area contributed by atoms with Crippen LogP contribution < -0.4 is 10.9 Å². The summed E-state index contributed by atoms with van der Waals surface area (Å²) in [7, 11) is -4.26. The van der Waals surface area contributed by atoms with Gasteiger partial charge >= 0.3 is 10.3 Å². The second-order valence-electron chi connectivity index (χ2n) is 7.27. The standard InChI is InChI=1S/C15H21FN6O5S2/c1-6-2-7(6)4-28-14-9-12(17)19-5-20-13(9)22(21-14)15-10(16)11(23)8(27-15)3-26-29(18,24)25/h5-8,10-11,15,23H,2-4H2,1H3,(H2,17,19,20)(H2,18,24,25)/t6?,7?,8-,10+,11-,15-/m1/s1. The van der Waals surface area contributed by atoms with E-state index in [1.54, 1.807) is 0 Å². The van der Waals surface area contributed by atoms with Crippen LogP contribution in [-0.4, -0.2) is 64.0 Å². The van der Waals surface area contributed by atoms with Gasteiger partial charge in [-0.3, -0.25) is 4.18 Å². The molecule has 6 atom stereocenters. The van der Waals surface area contributed by atoms with Crippen LogP contribution in [0.1, 0.15) is 19.6 Å². The lowest BCUT2D eigenvalue weighted by Crippen LogP contribution is -2.33. The molecule has 14 heteroatoms. The van der Waals surface area contributed by atoms with Crippen LogP contribution in [0.4, 0.5) is 10.2 Å². The average Bonchev–Trinajstić information content (AvgIpc) is 3.11. The summed E-state index contributed by atoms with van der Waals surface area (Å²) in [5.74, 6) is 2.28. The molecule has 1 saturated heterocycles. The number of ether oxygens (including phenoxy) is 1. The monoisotopic (exact) mass is 448 g/mol. The van der Waals surface area contributed by atoms with Gasteiger partial charge in [-0.15, -0.1) is 11.8 Å². The minimum Gasteiger partial charge on any atom is -0.387 e. The molecule has 0 radical (unpaired) electrons. The number of rotatable bonds is 7. The van der Waals surface area contributed by atoms with Crippen LogP contribution in [-0.2, 0) is 19.2 Å². The van der Waals surface area contributed by atoms with E-state index in [4.69, 9.17) is 15.6 Å². The van der Waals surface area contributed by atoms with Gasteiger partial charge < -0.3 is 15.6 Å². The Labute approximate surface area is 170 Å². The number of aromatic nitrogens is 4. The van der Waals surface area contributed by atoms with Crippen molar-refractivity contribution < 1.29 is 26.8 Å². The molecule has 160 valence electrons. The quantitative estimate of drug-likeness (QED) is 0.489. The smallest absolute Gasteiger partial charge is 0.333 e. The van der Waals surface area contributed by atoms with Gasteiger partial charge in [0.05, 0.1) is 12.0 Å². The van der Waals surface area contributed by atoms with Crippen molar-refractivity contribution in [3.63, 3.8) is 0 Å². The van der Waals surface area contributed by atoms with Gasteiger partial charge in [0.2, 0.25) is 0 Å². The third kappa shape index (κ3) is 4.18. The maximum atomic E-state index is 14.8. The molecule has 2 fully saturated rings. The molecule has 0 amide bonds. The van der Waals surface area contributed by atoms with Gasteiger partial charge in [-0.1, -0.05) is 6.92 Å². The molecule has 2 aromatic heterocycles. The third-order valence-corrected chi connectivity index (χ3v) is 6.75. The summed E-state index contributed by atoms with van der Waals surface area (Å²) in [5.41, 5.74) is 6.26. The number of halogens is 1. The van der Waals surface area contributed by atoms with Crippen molar-refractivity contribution in [3.8, 4) is 0 Å². The number of fused-ring (bicyclic) bond motifs is 1. The first-order valence-corrected chi connectivity index (χ1v) is 11.4. The van der Waals surface area contributed by atoms with Crippen molar-refractivity contribution in [2.24, 2.45) is 17.0 Å². The number of hydrogen-bond donors (Lipinski definition) is 3. The van der Waals surface area contributed by atoms with E-state index >= 15 is 0 Å². The van der Waals surface area contributed by atoms with E-state index < -0.39 is 41.5 Å². The van der Waals surface area contributed by atoms with Crippen molar-refractivity contribution >= 4 is 38.9 Å². The highest BCUT2D eigenvalue weighted by Gasteiger charge is 2.47. The average molecular weight is 449 g/mol. The van der Waals surface area contributed by atoms with Crippen LogP contribution in [0.3, 0.4) is 0 Å². The Bertz CT molecular complexity index is 1020. The van der Waals surface area contributed by atoms with E-state index in [0.717, 1.165) is 12.2 Å². The van der Waals surface area contributed by atoms with Crippen molar-refractivity contribution in [3.05, 3.63) is 6.33 Å². The van der Waals surface area contributed by atoms with Gasteiger partial charge in [-0.25, -0.2) is 24.2 Å². The third-order valence-electron chi connectivity index (χ3n) is 5.13. The lowest BCUT2D eigenvalue weighted by Gasteiger charge is -2.14. The number of nitrogens with two attached hydrogens (primary N) is 2. The summed E-state index contributed by atoms with van der Waals surface area (Å²) in [6.07, 6.45) is -3.75. The van der Waals surface area contributed by atoms with Gasteiger partial charge in [0, 0.05) is 5.75 Å². The Hall–Kier alpha value is -1.58. The first-order chi connectivity index (χ1) is 13.7. The Morgan fingerprint density at radius 1 is 1.48 bits per heavy atom. The number of thioether (sulfide) groups is 1. The second-order valence-corrected chi connectivity index (χ2v) is 9.50. The lowest BCUT2D eigenvalue weighted by molar-refractivity contribution is -0.0456. The molecule has 1 aliphatic carbocycles. The van der Waals surface area contributed by atoms with Crippen molar-refractivity contribution in [1.29, 1.82) is 0 Å². The van der Waals surface area contributed by atoms with Crippen LogP contribution in [0.25, 0.3) is 11.0 Å². The highest BCUT2D eigenvalue weighted by atomic mass is 32.2. The van der Waals surface area contributed by atoms with Crippen LogP contribution >= 0.6 is 11.8 Å². The fourth-order valence-corrected chi connectivity index (χ4v) is 4.91. The fourth-order valence-electron chi connectivity index (χ4n) is 3.26. The zero-order valence-corrected chi connectivity index (χ0v) is 17.0. The summed E-state index contributed by atoms with van der Waals surface area (Å²) in [6.45, 7) is 1.54. The van der Waals surface area contributed by atoms with E-state index in [1.165, 1.54) is 22.8 Å². The highest BCUT2D eigenvalue weighted by Crippen LogP contribution is 2.43. The first kappa shape index (κ1) is 20.7. The molecule has 11 nitrogen and oxygen atoms in total. The number of alkyl halides is 1. The van der Waals surface area contributed by atoms with E-state index in [1.807, 2.05) is 0 Å². The summed E-state index contributed by atoms with van der Waals surface area (Å²) >= 11 is 1.48. The summed E-state index contributed by atoms with van der Waals surface area (Å²) in [5, 5.41) is 20.3. The van der Waals surface area contributed by atoms with Crippen molar-refractivity contribution in [2.45, 2.75) is 43.0 Å². The largest absolute Gasteiger partial charge is 0.387 e. The zero-order valence-electron chi connectivity index (χ0n) is 15.4. The number of aliphatic hydroxyl groups is 1. The number of nitrogen functional groups attached to an aromatic ring is 1. The highest BCUT2D eigenvalue weighted by molar-refractivity contribution is 7.99. The van der Waals surface area contributed by atoms with Gasteiger partial charge in [0.1, 0.15) is 29.4 Å². The summed E-state index contributed by atoms with van der Waals surface area (Å²) < 4.78 is 47.9. The first-order valence-electron chi connectivity index (χ1n) is 8.92. The minimum absolute atomic E-state index is 0.204. The number of aliphatic hydroxyl groups excluding tert-OH is 1. The van der Waals surface area contributed by atoms with E-state index in [-0.39, 0.29) is 11.5 Å². The van der Waals surface area contributed by atoms with Gasteiger partial charge in [0.15, 0.2) is 18.0 Å². The molecule has 1 aliphatic heterocycles. The van der Waals surface area contributed by atoms with Crippen LogP contribution in [0, 0.1) is 11.8 Å². The summed E-state index contributed by atoms with van der Waals surface area (Å²) in [4.78, 5) is 8.14. The molecule has 0 spiro atoms. The van der Waals surface area contributed by atoms with E-state index in [9.17, 15) is 17.9 Å². The van der Waals surface area contributed by atoms with Gasteiger partial charge in [-0.2, -0.15) is 13.5 Å². The molecule has 2 aromatic rings. The molecule has 3 heterocycles. The molecule has 0 aromatic carbocycles. The predicted molar refractivity (Wildman–Crippen MR) is 102 cm³/mol. The molecular formula is C15H21FN6O5S2. The number of hydrogen-bond acceptors (Lipinski definition) is 10. The Kier molecular flexibility index (Phi) is 5.41. The fraction of sp³-hybridized carbons (Fsp3) is 0.667.